The molecular weight excluding hydrogens is 356 g/mol. The van der Waals surface area contributed by atoms with Crippen molar-refractivity contribution in [3.05, 3.63) is 46.1 Å². The summed E-state index contributed by atoms with van der Waals surface area (Å²) >= 11 is 6.35. The van der Waals surface area contributed by atoms with Crippen molar-refractivity contribution in [2.45, 2.75) is 32.8 Å². The molecule has 1 aromatic carbocycles. The molecule has 0 aromatic heterocycles. The topological polar surface area (TPSA) is 88.8 Å². The molecule has 1 aliphatic heterocycles. The van der Waals surface area contributed by atoms with Crippen molar-refractivity contribution in [1.29, 1.82) is 5.26 Å². The first-order valence-electron chi connectivity index (χ1n) is 8.00. The van der Waals surface area contributed by atoms with Crippen molar-refractivity contribution in [2.24, 2.45) is 10.9 Å². The lowest BCUT2D eigenvalue weighted by Crippen LogP contribution is -2.36. The Kier molecular flexibility index (Phi) is 6.17. The van der Waals surface area contributed by atoms with Gasteiger partial charge in [-0.3, -0.25) is 9.79 Å². The first kappa shape index (κ1) is 19.7. The number of hydrogen-bond donors (Lipinski definition) is 0. The van der Waals surface area contributed by atoms with E-state index in [0.717, 1.165) is 0 Å². The minimum absolute atomic E-state index is 0.196. The van der Waals surface area contributed by atoms with Gasteiger partial charge in [-0.15, -0.1) is 0 Å². The molecule has 3 atom stereocenters. The lowest BCUT2D eigenvalue weighted by atomic mass is 9.75. The van der Waals surface area contributed by atoms with Crippen molar-refractivity contribution in [2.75, 3.05) is 7.11 Å². The number of halogens is 1. The van der Waals surface area contributed by atoms with E-state index in [1.54, 1.807) is 38.1 Å². The molecule has 0 amide bonds. The number of nitrogens with zero attached hydrogens (tertiary/aromatic N) is 2. The quantitative estimate of drug-likeness (QED) is 0.753. The smallest absolute Gasteiger partial charge is 0.337 e. The third kappa shape index (κ3) is 3.78. The standard InChI is InChI=1S/C19H19ClN2O4/c1-10(9-21)26-19(24)16-12(3)22-11(2)15(18(23)25-4)17(16)13-7-5-6-8-14(13)20/h5-8,10,15,17H,1-4H3. The Morgan fingerprint density at radius 1 is 1.31 bits per heavy atom. The highest BCUT2D eigenvalue weighted by molar-refractivity contribution is 6.31. The third-order valence-electron chi connectivity index (χ3n) is 4.21. The molecule has 0 aliphatic carbocycles. The van der Waals surface area contributed by atoms with E-state index < -0.39 is 29.9 Å². The first-order valence-corrected chi connectivity index (χ1v) is 8.38. The molecule has 0 saturated heterocycles. The van der Waals surface area contributed by atoms with E-state index in [4.69, 9.17) is 26.3 Å². The summed E-state index contributed by atoms with van der Waals surface area (Å²) in [5, 5.41) is 9.34. The number of esters is 2. The van der Waals surface area contributed by atoms with Gasteiger partial charge in [0.2, 0.25) is 0 Å². The lowest BCUT2D eigenvalue weighted by Gasteiger charge is -2.31. The maximum Gasteiger partial charge on any atom is 0.337 e. The van der Waals surface area contributed by atoms with Crippen LogP contribution in [0.2, 0.25) is 5.02 Å². The molecule has 3 unspecified atom stereocenters. The van der Waals surface area contributed by atoms with Gasteiger partial charge in [-0.25, -0.2) is 4.79 Å². The Morgan fingerprint density at radius 2 is 1.96 bits per heavy atom. The van der Waals surface area contributed by atoms with Crippen LogP contribution >= 0.6 is 11.6 Å². The summed E-state index contributed by atoms with van der Waals surface area (Å²) in [5.74, 6) is -2.76. The van der Waals surface area contributed by atoms with E-state index in [2.05, 4.69) is 4.99 Å². The summed E-state index contributed by atoms with van der Waals surface area (Å²) in [5.41, 5.74) is 1.72. The van der Waals surface area contributed by atoms with Crippen LogP contribution in [0.4, 0.5) is 0 Å². The molecule has 136 valence electrons. The Balaban J connectivity index is 2.65. The number of carbonyl (C=O) groups excluding carboxylic acids is 2. The van der Waals surface area contributed by atoms with Gasteiger partial charge in [0.15, 0.2) is 6.10 Å². The number of nitriles is 1. The molecule has 0 spiro atoms. The van der Waals surface area contributed by atoms with Gasteiger partial charge in [-0.2, -0.15) is 5.26 Å². The highest BCUT2D eigenvalue weighted by atomic mass is 35.5. The fraction of sp³-hybridized carbons (Fsp3) is 0.368. The van der Waals surface area contributed by atoms with Crippen molar-refractivity contribution in [3.8, 4) is 6.07 Å². The molecule has 7 heteroatoms. The van der Waals surface area contributed by atoms with Crippen LogP contribution in [0.1, 0.15) is 32.3 Å². The highest BCUT2D eigenvalue weighted by Gasteiger charge is 2.43. The van der Waals surface area contributed by atoms with Crippen LogP contribution in [0.5, 0.6) is 0 Å². The Hall–Kier alpha value is -2.65. The average Bonchev–Trinajstić information content (AvgIpc) is 2.60. The molecule has 1 aromatic rings. The van der Waals surface area contributed by atoms with Gasteiger partial charge >= 0.3 is 11.9 Å². The van der Waals surface area contributed by atoms with E-state index >= 15 is 0 Å². The van der Waals surface area contributed by atoms with Crippen molar-refractivity contribution in [3.63, 3.8) is 0 Å². The number of methoxy groups -OCH3 is 1. The summed E-state index contributed by atoms with van der Waals surface area (Å²) in [6, 6.07) is 8.81. The van der Waals surface area contributed by atoms with Crippen LogP contribution < -0.4 is 0 Å². The third-order valence-corrected chi connectivity index (χ3v) is 4.55. The second-order valence-electron chi connectivity index (χ2n) is 5.93. The largest absolute Gasteiger partial charge is 0.468 e. The highest BCUT2D eigenvalue weighted by Crippen LogP contribution is 2.42. The molecule has 0 saturated carbocycles. The van der Waals surface area contributed by atoms with Crippen LogP contribution in [-0.4, -0.2) is 30.9 Å². The van der Waals surface area contributed by atoms with E-state index in [-0.39, 0.29) is 5.57 Å². The fourth-order valence-corrected chi connectivity index (χ4v) is 3.30. The van der Waals surface area contributed by atoms with Crippen molar-refractivity contribution < 1.29 is 19.1 Å². The van der Waals surface area contributed by atoms with Crippen LogP contribution in [-0.2, 0) is 19.1 Å². The second-order valence-corrected chi connectivity index (χ2v) is 6.34. The molecule has 0 radical (unpaired) electrons. The predicted octanol–water partition coefficient (Wildman–Crippen LogP) is 3.42. The molecule has 26 heavy (non-hydrogen) atoms. The maximum absolute atomic E-state index is 12.7. The molecule has 1 heterocycles. The zero-order chi connectivity index (χ0) is 19.4. The summed E-state index contributed by atoms with van der Waals surface area (Å²) in [4.78, 5) is 29.5. The van der Waals surface area contributed by atoms with Crippen LogP contribution in [0.25, 0.3) is 0 Å². The van der Waals surface area contributed by atoms with Gasteiger partial charge < -0.3 is 9.47 Å². The summed E-state index contributed by atoms with van der Waals surface area (Å²) in [6.45, 7) is 4.83. The summed E-state index contributed by atoms with van der Waals surface area (Å²) in [6.07, 6.45) is -0.932. The van der Waals surface area contributed by atoms with Gasteiger partial charge in [-0.1, -0.05) is 29.8 Å². The fourth-order valence-electron chi connectivity index (χ4n) is 3.05. The van der Waals surface area contributed by atoms with Crippen LogP contribution in [0.15, 0.2) is 40.5 Å². The zero-order valence-electron chi connectivity index (χ0n) is 14.9. The Bertz CT molecular complexity index is 838. The number of hydrogen-bond acceptors (Lipinski definition) is 6. The molecular formula is C19H19ClN2O4. The molecule has 2 rings (SSSR count). The van der Waals surface area contributed by atoms with Gasteiger partial charge in [0.05, 0.1) is 12.7 Å². The van der Waals surface area contributed by atoms with Crippen molar-refractivity contribution >= 4 is 29.3 Å². The molecule has 0 fully saturated rings. The van der Waals surface area contributed by atoms with E-state index in [1.165, 1.54) is 14.0 Å². The number of aliphatic imine (C=N–C) groups is 1. The number of allylic oxidation sites excluding steroid dienone is 1. The molecule has 0 N–H and O–H groups in total. The van der Waals surface area contributed by atoms with Crippen LogP contribution in [0.3, 0.4) is 0 Å². The average molecular weight is 375 g/mol. The second kappa shape index (κ2) is 8.15. The lowest BCUT2D eigenvalue weighted by molar-refractivity contribution is -0.144. The Morgan fingerprint density at radius 3 is 2.54 bits per heavy atom. The van der Waals surface area contributed by atoms with Gasteiger partial charge in [-0.05, 0) is 32.4 Å². The van der Waals surface area contributed by atoms with Crippen molar-refractivity contribution in [1.82, 2.24) is 0 Å². The number of rotatable bonds is 4. The number of carbonyl (C=O) groups is 2. The van der Waals surface area contributed by atoms with Gasteiger partial charge in [0, 0.05) is 22.3 Å². The number of benzene rings is 1. The van der Waals surface area contributed by atoms with Crippen LogP contribution in [0, 0.1) is 17.2 Å². The Labute approximate surface area is 157 Å². The van der Waals surface area contributed by atoms with Gasteiger partial charge in [0.1, 0.15) is 12.0 Å². The maximum atomic E-state index is 12.7. The minimum atomic E-state index is -0.932. The predicted molar refractivity (Wildman–Crippen MR) is 96.7 cm³/mol. The number of ether oxygens (including phenoxy) is 2. The summed E-state index contributed by atoms with van der Waals surface area (Å²) < 4.78 is 10.1. The van der Waals surface area contributed by atoms with E-state index in [9.17, 15) is 9.59 Å². The molecule has 0 bridgehead atoms. The molecule has 6 nitrogen and oxygen atoms in total. The van der Waals surface area contributed by atoms with E-state index in [0.29, 0.717) is 22.0 Å². The van der Waals surface area contributed by atoms with E-state index in [1.807, 2.05) is 6.07 Å². The molecule has 1 aliphatic rings. The summed E-state index contributed by atoms with van der Waals surface area (Å²) in [7, 11) is 1.28. The first-order chi connectivity index (χ1) is 12.3. The minimum Gasteiger partial charge on any atom is -0.468 e. The van der Waals surface area contributed by atoms with Gasteiger partial charge in [0.25, 0.3) is 0 Å². The zero-order valence-corrected chi connectivity index (χ0v) is 15.7. The monoisotopic (exact) mass is 374 g/mol. The SMILES string of the molecule is COC(=O)C1C(C)=NC(C)=C(C(=O)OC(C)C#N)C1c1ccccc1Cl. The normalized spacial score (nSPS) is 20.7.